The number of ether oxygens (including phenoxy) is 1. The highest BCUT2D eigenvalue weighted by Gasteiger charge is 2.29. The molecule has 144 valence electrons. The van der Waals surface area contributed by atoms with E-state index in [9.17, 15) is 22.8 Å². The van der Waals surface area contributed by atoms with E-state index in [-0.39, 0.29) is 35.3 Å². The molecule has 2 rings (SSSR count). The molecule has 2 aromatic carbocycles. The van der Waals surface area contributed by atoms with Crippen molar-refractivity contribution < 1.29 is 27.5 Å². The van der Waals surface area contributed by atoms with Gasteiger partial charge in [-0.2, -0.15) is 13.2 Å². The van der Waals surface area contributed by atoms with Gasteiger partial charge in [0.05, 0.1) is 5.69 Å². The van der Waals surface area contributed by atoms with Crippen LogP contribution >= 0.6 is 11.6 Å². The van der Waals surface area contributed by atoms with E-state index in [1.54, 1.807) is 30.3 Å². The largest absolute Gasteiger partial charge is 0.482 e. The maximum atomic E-state index is 12.3. The third kappa shape index (κ3) is 7.18. The number of nitrogens with one attached hydrogen (secondary N) is 2. The first-order chi connectivity index (χ1) is 12.7. The second-order valence-corrected chi connectivity index (χ2v) is 5.90. The molecular weight excluding hydrogens is 385 g/mol. The van der Waals surface area contributed by atoms with Gasteiger partial charge in [-0.25, -0.2) is 0 Å². The zero-order valence-electron chi connectivity index (χ0n) is 14.0. The van der Waals surface area contributed by atoms with Gasteiger partial charge in [0.15, 0.2) is 6.61 Å². The van der Waals surface area contributed by atoms with Crippen molar-refractivity contribution in [3.05, 3.63) is 59.1 Å². The Balaban J connectivity index is 1.89. The molecule has 2 amide bonds. The maximum Gasteiger partial charge on any atom is 0.422 e. The molecule has 5 nitrogen and oxygen atoms in total. The lowest BCUT2D eigenvalue weighted by Gasteiger charge is -2.14. The molecule has 0 aliphatic rings. The van der Waals surface area contributed by atoms with Gasteiger partial charge in [-0.1, -0.05) is 29.8 Å². The van der Waals surface area contributed by atoms with Crippen LogP contribution in [0.3, 0.4) is 0 Å². The predicted octanol–water partition coefficient (Wildman–Crippen LogP) is 4.04. The van der Waals surface area contributed by atoms with Gasteiger partial charge in [-0.05, 0) is 30.3 Å². The molecule has 2 aromatic rings. The summed E-state index contributed by atoms with van der Waals surface area (Å²) in [6.45, 7) is -1.44. The second-order valence-electron chi connectivity index (χ2n) is 5.46. The molecule has 0 aliphatic carbocycles. The van der Waals surface area contributed by atoms with Gasteiger partial charge in [-0.3, -0.25) is 9.59 Å². The van der Waals surface area contributed by atoms with Gasteiger partial charge in [0.1, 0.15) is 5.75 Å². The summed E-state index contributed by atoms with van der Waals surface area (Å²) >= 11 is 5.82. The van der Waals surface area contributed by atoms with E-state index in [0.29, 0.717) is 5.56 Å². The molecule has 0 saturated heterocycles. The van der Waals surface area contributed by atoms with Gasteiger partial charge in [-0.15, -0.1) is 0 Å². The molecule has 0 aliphatic heterocycles. The smallest absolute Gasteiger partial charge is 0.422 e. The lowest BCUT2D eigenvalue weighted by Crippen LogP contribution is -2.27. The number of alkyl halides is 3. The Morgan fingerprint density at radius 2 is 1.78 bits per heavy atom. The third-order valence-electron chi connectivity index (χ3n) is 3.28. The van der Waals surface area contributed by atoms with E-state index in [2.05, 4.69) is 15.4 Å². The molecule has 0 saturated carbocycles. The topological polar surface area (TPSA) is 67.4 Å². The SMILES string of the molecule is O=C(CCNC(=O)c1ccccc1)Nc1cc(Cl)ccc1OCC(F)(F)F. The van der Waals surface area contributed by atoms with Crippen LogP contribution in [0.25, 0.3) is 0 Å². The standard InChI is InChI=1S/C18H16ClF3N2O3/c19-13-6-7-15(27-11-18(20,21)22)14(10-13)24-16(25)8-9-23-17(26)12-4-2-1-3-5-12/h1-7,10H,8-9,11H2,(H,23,26)(H,24,25). The van der Waals surface area contributed by atoms with Crippen LogP contribution in [0.1, 0.15) is 16.8 Å². The monoisotopic (exact) mass is 400 g/mol. The van der Waals surface area contributed by atoms with Crippen LogP contribution in [-0.4, -0.2) is 31.1 Å². The molecule has 0 aromatic heterocycles. The van der Waals surface area contributed by atoms with Crippen LogP contribution in [0.2, 0.25) is 5.02 Å². The Labute approximate surface area is 158 Å². The Morgan fingerprint density at radius 3 is 2.44 bits per heavy atom. The first-order valence-corrected chi connectivity index (χ1v) is 8.24. The van der Waals surface area contributed by atoms with Crippen molar-refractivity contribution in [3.8, 4) is 5.75 Å². The number of hydrogen-bond acceptors (Lipinski definition) is 3. The van der Waals surface area contributed by atoms with Gasteiger partial charge < -0.3 is 15.4 Å². The number of rotatable bonds is 7. The number of benzene rings is 2. The summed E-state index contributed by atoms with van der Waals surface area (Å²) in [6, 6.07) is 12.3. The summed E-state index contributed by atoms with van der Waals surface area (Å²) in [5.41, 5.74) is 0.474. The molecule has 0 fully saturated rings. The average Bonchev–Trinajstić information content (AvgIpc) is 2.61. The summed E-state index contributed by atoms with van der Waals surface area (Å²) < 4.78 is 41.6. The first-order valence-electron chi connectivity index (χ1n) is 7.87. The van der Waals surface area contributed by atoms with Crippen molar-refractivity contribution in [1.29, 1.82) is 0 Å². The van der Waals surface area contributed by atoms with Gasteiger partial charge in [0, 0.05) is 23.6 Å². The molecule has 27 heavy (non-hydrogen) atoms. The molecule has 0 radical (unpaired) electrons. The molecule has 0 heterocycles. The van der Waals surface area contributed by atoms with Crippen molar-refractivity contribution in [2.75, 3.05) is 18.5 Å². The summed E-state index contributed by atoms with van der Waals surface area (Å²) in [7, 11) is 0. The van der Waals surface area contributed by atoms with Crippen molar-refractivity contribution in [1.82, 2.24) is 5.32 Å². The minimum Gasteiger partial charge on any atom is -0.482 e. The third-order valence-corrected chi connectivity index (χ3v) is 3.52. The summed E-state index contributed by atoms with van der Waals surface area (Å²) in [4.78, 5) is 23.9. The minimum absolute atomic E-state index is 0.0196. The normalized spacial score (nSPS) is 11.0. The van der Waals surface area contributed by atoms with E-state index < -0.39 is 18.7 Å². The Morgan fingerprint density at radius 1 is 1.07 bits per heavy atom. The van der Waals surface area contributed by atoms with Gasteiger partial charge in [0.25, 0.3) is 5.91 Å². The van der Waals surface area contributed by atoms with Gasteiger partial charge >= 0.3 is 6.18 Å². The fraction of sp³-hybridized carbons (Fsp3) is 0.222. The fourth-order valence-electron chi connectivity index (χ4n) is 2.08. The maximum absolute atomic E-state index is 12.3. The van der Waals surface area contributed by atoms with Crippen molar-refractivity contribution in [2.45, 2.75) is 12.6 Å². The average molecular weight is 401 g/mol. The fourth-order valence-corrected chi connectivity index (χ4v) is 2.25. The van der Waals surface area contributed by atoms with E-state index in [0.717, 1.165) is 0 Å². The highest BCUT2D eigenvalue weighted by atomic mass is 35.5. The lowest BCUT2D eigenvalue weighted by molar-refractivity contribution is -0.153. The molecular formula is C18H16ClF3N2O3. The summed E-state index contributed by atoms with van der Waals surface area (Å²) in [5.74, 6) is -0.999. The number of carbonyl (C=O) groups is 2. The predicted molar refractivity (Wildman–Crippen MR) is 95.0 cm³/mol. The van der Waals surface area contributed by atoms with Crippen molar-refractivity contribution in [2.24, 2.45) is 0 Å². The Bertz CT molecular complexity index is 798. The molecule has 9 heteroatoms. The first kappa shape index (κ1) is 20.6. The number of halogens is 4. The van der Waals surface area contributed by atoms with Crippen LogP contribution in [0.15, 0.2) is 48.5 Å². The van der Waals surface area contributed by atoms with Gasteiger partial charge in [0.2, 0.25) is 5.91 Å². The summed E-state index contributed by atoms with van der Waals surface area (Å²) in [5, 5.41) is 5.24. The van der Waals surface area contributed by atoms with E-state index >= 15 is 0 Å². The highest BCUT2D eigenvalue weighted by molar-refractivity contribution is 6.31. The van der Waals surface area contributed by atoms with Crippen LogP contribution in [0, 0.1) is 0 Å². The van der Waals surface area contributed by atoms with E-state index in [1.165, 1.54) is 18.2 Å². The quantitative estimate of drug-likeness (QED) is 0.737. The van der Waals surface area contributed by atoms with Crippen LogP contribution in [0.4, 0.5) is 18.9 Å². The number of amides is 2. The second kappa shape index (κ2) is 9.27. The Hall–Kier alpha value is -2.74. The van der Waals surface area contributed by atoms with Crippen LogP contribution in [-0.2, 0) is 4.79 Å². The Kier molecular flexibility index (Phi) is 7.06. The molecule has 0 bridgehead atoms. The highest BCUT2D eigenvalue weighted by Crippen LogP contribution is 2.29. The summed E-state index contributed by atoms with van der Waals surface area (Å²) in [6.07, 6.45) is -4.59. The molecule has 0 spiro atoms. The van der Waals surface area contributed by atoms with E-state index in [4.69, 9.17) is 11.6 Å². The minimum atomic E-state index is -4.51. The van der Waals surface area contributed by atoms with Crippen molar-refractivity contribution >= 4 is 29.1 Å². The van der Waals surface area contributed by atoms with Crippen LogP contribution < -0.4 is 15.4 Å². The zero-order valence-corrected chi connectivity index (χ0v) is 14.7. The molecule has 0 atom stereocenters. The zero-order chi connectivity index (χ0) is 19.9. The molecule has 0 unspecified atom stereocenters. The van der Waals surface area contributed by atoms with Crippen LogP contribution in [0.5, 0.6) is 5.75 Å². The lowest BCUT2D eigenvalue weighted by atomic mass is 10.2. The number of anilines is 1. The molecule has 2 N–H and O–H groups in total. The number of carbonyl (C=O) groups excluding carboxylic acids is 2. The van der Waals surface area contributed by atoms with E-state index in [1.807, 2.05) is 0 Å². The van der Waals surface area contributed by atoms with Crippen molar-refractivity contribution in [3.63, 3.8) is 0 Å². The number of hydrogen-bond donors (Lipinski definition) is 2.